The number of carbonyl (C=O) groups excluding carboxylic acids is 3. The number of ether oxygens (including phenoxy) is 2. The summed E-state index contributed by atoms with van der Waals surface area (Å²) in [6.07, 6.45) is -0.200. The minimum absolute atomic E-state index is 0.0619. The van der Waals surface area contributed by atoms with Crippen LogP contribution in [0.3, 0.4) is 0 Å². The van der Waals surface area contributed by atoms with Gasteiger partial charge in [0.15, 0.2) is 0 Å². The minimum atomic E-state index is -0.847. The number of nitrogens with two attached hydrogens (primary N) is 1. The van der Waals surface area contributed by atoms with Gasteiger partial charge in [0.25, 0.3) is 5.91 Å². The van der Waals surface area contributed by atoms with Crippen molar-refractivity contribution in [1.82, 2.24) is 4.90 Å². The summed E-state index contributed by atoms with van der Waals surface area (Å²) < 4.78 is 10.00. The highest BCUT2D eigenvalue weighted by molar-refractivity contribution is 8.04. The van der Waals surface area contributed by atoms with Crippen LogP contribution in [0.15, 0.2) is 64.5 Å². The smallest absolute Gasteiger partial charge is 0.307 e. The number of amides is 2. The predicted molar refractivity (Wildman–Crippen MR) is 139 cm³/mol. The van der Waals surface area contributed by atoms with Gasteiger partial charge in [-0.25, -0.2) is 0 Å². The molecular weight excluding hydrogens is 492 g/mol. The Morgan fingerprint density at radius 3 is 2.43 bits per heavy atom. The van der Waals surface area contributed by atoms with Gasteiger partial charge in [-0.1, -0.05) is 30.0 Å². The van der Waals surface area contributed by atoms with Crippen LogP contribution in [0.1, 0.15) is 29.0 Å². The number of esters is 1. The molecule has 2 atom stereocenters. The maximum atomic E-state index is 13.9. The maximum Gasteiger partial charge on any atom is 0.307 e. The van der Waals surface area contributed by atoms with E-state index < -0.39 is 29.0 Å². The predicted octanol–water partition coefficient (Wildman–Crippen LogP) is 3.46. The molecule has 2 aromatic rings. The van der Waals surface area contributed by atoms with E-state index in [-0.39, 0.29) is 28.4 Å². The third-order valence-corrected chi connectivity index (χ3v) is 7.71. The molecule has 2 aromatic carbocycles. The lowest BCUT2D eigenvalue weighted by Crippen LogP contribution is -2.39. The fourth-order valence-corrected chi connectivity index (χ4v) is 5.62. The summed E-state index contributed by atoms with van der Waals surface area (Å²) in [6.45, 7) is 3.91. The van der Waals surface area contributed by atoms with Gasteiger partial charge in [0.2, 0.25) is 5.91 Å². The van der Waals surface area contributed by atoms with Crippen molar-refractivity contribution >= 4 is 35.2 Å². The van der Waals surface area contributed by atoms with Crippen molar-refractivity contribution in [2.75, 3.05) is 19.5 Å². The van der Waals surface area contributed by atoms with Gasteiger partial charge in [-0.3, -0.25) is 19.3 Å². The van der Waals surface area contributed by atoms with E-state index in [2.05, 4.69) is 11.4 Å². The molecule has 0 aromatic heterocycles. The van der Waals surface area contributed by atoms with Gasteiger partial charge in [-0.05, 0) is 54.8 Å². The molecule has 1 fully saturated rings. The summed E-state index contributed by atoms with van der Waals surface area (Å²) >= 11 is 1.07. The molecule has 3 N–H and O–H groups in total. The Morgan fingerprint density at radius 2 is 1.84 bits per heavy atom. The number of nitrogens with zero attached hydrogens (tertiary/aromatic N) is 2. The molecule has 9 nitrogen and oxygen atoms in total. The number of nitrogens with one attached hydrogen (secondary N) is 1. The molecule has 10 heteroatoms. The van der Waals surface area contributed by atoms with Crippen LogP contribution < -0.4 is 15.8 Å². The van der Waals surface area contributed by atoms with E-state index in [1.54, 1.807) is 37.4 Å². The molecule has 190 valence electrons. The highest BCUT2D eigenvalue weighted by Crippen LogP contribution is 2.50. The number of aryl methyl sites for hydroxylation is 2. The Labute approximate surface area is 218 Å². The molecule has 0 spiro atoms. The first-order valence-electron chi connectivity index (χ1n) is 11.4. The molecule has 1 saturated heterocycles. The average molecular weight is 519 g/mol. The summed E-state index contributed by atoms with van der Waals surface area (Å²) in [5.41, 5.74) is 9.90. The third kappa shape index (κ3) is 4.78. The van der Waals surface area contributed by atoms with Crippen LogP contribution in [0.25, 0.3) is 0 Å². The number of rotatable bonds is 6. The topological polar surface area (TPSA) is 135 Å². The van der Waals surface area contributed by atoms with E-state index in [9.17, 15) is 19.6 Å². The molecule has 2 aliphatic heterocycles. The zero-order valence-corrected chi connectivity index (χ0v) is 21.6. The highest BCUT2D eigenvalue weighted by atomic mass is 32.2. The van der Waals surface area contributed by atoms with Crippen LogP contribution in [0.2, 0.25) is 0 Å². The number of hydrogen-bond donors (Lipinski definition) is 2. The first kappa shape index (κ1) is 25.9. The van der Waals surface area contributed by atoms with Crippen LogP contribution in [0.4, 0.5) is 5.69 Å². The minimum Gasteiger partial charge on any atom is -0.497 e. The second-order valence-corrected chi connectivity index (χ2v) is 9.84. The van der Waals surface area contributed by atoms with Crippen molar-refractivity contribution in [1.29, 1.82) is 5.26 Å². The second-order valence-electron chi connectivity index (χ2n) is 8.65. The van der Waals surface area contributed by atoms with Crippen molar-refractivity contribution < 1.29 is 23.9 Å². The Morgan fingerprint density at radius 1 is 1.14 bits per heavy atom. The first-order valence-corrected chi connectivity index (χ1v) is 12.3. The SMILES string of the molecule is COC(=O)C[C@H]1SC2=C(C(=O)Nc3ccc(C)c(C)c3)[C@@H](c3ccc(OC)cc3)C(C#N)=C(N)N2C1=O. The summed E-state index contributed by atoms with van der Waals surface area (Å²) in [4.78, 5) is 40.3. The number of carbonyl (C=O) groups is 3. The number of allylic oxidation sites excluding steroid dienone is 1. The number of anilines is 1. The number of methoxy groups -OCH3 is 2. The van der Waals surface area contributed by atoms with Crippen LogP contribution in [-0.4, -0.2) is 42.2 Å². The van der Waals surface area contributed by atoms with E-state index in [0.29, 0.717) is 17.0 Å². The van der Waals surface area contributed by atoms with E-state index >= 15 is 0 Å². The molecule has 0 bridgehead atoms. The maximum absolute atomic E-state index is 13.9. The normalized spacial score (nSPS) is 18.9. The van der Waals surface area contributed by atoms with E-state index in [0.717, 1.165) is 22.9 Å². The fraction of sp³-hybridized carbons (Fsp3) is 0.259. The highest BCUT2D eigenvalue weighted by Gasteiger charge is 2.48. The monoisotopic (exact) mass is 518 g/mol. The van der Waals surface area contributed by atoms with Crippen LogP contribution in [-0.2, 0) is 19.1 Å². The van der Waals surface area contributed by atoms with Crippen molar-refractivity contribution in [2.45, 2.75) is 31.4 Å². The van der Waals surface area contributed by atoms with Crippen LogP contribution in [0, 0.1) is 25.2 Å². The quantitative estimate of drug-likeness (QED) is 0.555. The van der Waals surface area contributed by atoms with Gasteiger partial charge in [0.1, 0.15) is 16.8 Å². The standard InChI is InChI=1S/C27H26N4O5S/c1-14-5-8-17(11-15(14)2)30-25(33)23-22(16-6-9-18(35-3)10-7-16)19(13-28)24(29)31-26(34)20(37-27(23)31)12-21(32)36-4/h5-11,20,22H,12,29H2,1-4H3,(H,30,33)/t20-,22+/m1/s1. The summed E-state index contributed by atoms with van der Waals surface area (Å²) in [5.74, 6) is -1.84. The molecule has 2 amide bonds. The van der Waals surface area contributed by atoms with Gasteiger partial charge in [0.05, 0.1) is 48.8 Å². The lowest BCUT2D eigenvalue weighted by molar-refractivity contribution is -0.142. The van der Waals surface area contributed by atoms with Gasteiger partial charge in [-0.15, -0.1) is 0 Å². The van der Waals surface area contributed by atoms with Gasteiger partial charge in [0, 0.05) is 5.69 Å². The Balaban J connectivity index is 1.87. The Kier molecular flexibility index (Phi) is 7.27. The molecule has 2 aliphatic rings. The molecule has 0 aliphatic carbocycles. The van der Waals surface area contributed by atoms with Crippen molar-refractivity contribution in [3.63, 3.8) is 0 Å². The molecule has 0 saturated carbocycles. The first-order chi connectivity index (χ1) is 17.7. The van der Waals surface area contributed by atoms with E-state index in [1.165, 1.54) is 12.0 Å². The van der Waals surface area contributed by atoms with Crippen molar-refractivity contribution in [3.05, 3.63) is 81.2 Å². The zero-order valence-electron chi connectivity index (χ0n) is 20.8. The summed E-state index contributed by atoms with van der Waals surface area (Å²) in [6, 6.07) is 14.6. The van der Waals surface area contributed by atoms with E-state index in [4.69, 9.17) is 15.2 Å². The average Bonchev–Trinajstić information content (AvgIpc) is 3.21. The van der Waals surface area contributed by atoms with Crippen LogP contribution in [0.5, 0.6) is 5.75 Å². The Hall–Kier alpha value is -4.23. The lowest BCUT2D eigenvalue weighted by atomic mass is 9.82. The summed E-state index contributed by atoms with van der Waals surface area (Å²) in [5, 5.41) is 12.5. The number of benzene rings is 2. The van der Waals surface area contributed by atoms with Gasteiger partial charge in [-0.2, -0.15) is 5.26 Å². The molecular formula is C27H26N4O5S. The number of nitriles is 1. The third-order valence-electron chi connectivity index (χ3n) is 6.44. The fourth-order valence-electron chi connectivity index (χ4n) is 4.29. The van der Waals surface area contributed by atoms with Gasteiger partial charge < -0.3 is 20.5 Å². The van der Waals surface area contributed by atoms with Crippen molar-refractivity contribution in [3.8, 4) is 11.8 Å². The number of hydrogen-bond acceptors (Lipinski definition) is 8. The molecule has 0 radical (unpaired) electrons. The number of thioether (sulfide) groups is 1. The summed E-state index contributed by atoms with van der Waals surface area (Å²) in [7, 11) is 2.78. The second kappa shape index (κ2) is 10.4. The Bertz CT molecular complexity index is 1390. The molecule has 2 heterocycles. The molecule has 4 rings (SSSR count). The largest absolute Gasteiger partial charge is 0.497 e. The lowest BCUT2D eigenvalue weighted by Gasteiger charge is -2.32. The van der Waals surface area contributed by atoms with Gasteiger partial charge >= 0.3 is 5.97 Å². The van der Waals surface area contributed by atoms with E-state index in [1.807, 2.05) is 26.0 Å². The van der Waals surface area contributed by atoms with Crippen LogP contribution >= 0.6 is 11.8 Å². The zero-order chi connectivity index (χ0) is 26.9. The molecule has 37 heavy (non-hydrogen) atoms. The number of fused-ring (bicyclic) bond motifs is 1. The molecule has 0 unspecified atom stereocenters. The van der Waals surface area contributed by atoms with Crippen molar-refractivity contribution in [2.24, 2.45) is 5.73 Å².